The van der Waals surface area contributed by atoms with Crippen molar-refractivity contribution in [3.05, 3.63) is 68.5 Å². The van der Waals surface area contributed by atoms with E-state index in [1.54, 1.807) is 44.6 Å². The van der Waals surface area contributed by atoms with Crippen molar-refractivity contribution in [3.63, 3.8) is 0 Å². The van der Waals surface area contributed by atoms with Gasteiger partial charge < -0.3 is 5.32 Å². The van der Waals surface area contributed by atoms with Crippen LogP contribution < -0.4 is 10.7 Å². The van der Waals surface area contributed by atoms with Crippen molar-refractivity contribution < 1.29 is 9.59 Å². The first kappa shape index (κ1) is 21.3. The maximum Gasteiger partial charge on any atom is 0.274 e. The van der Waals surface area contributed by atoms with Gasteiger partial charge in [0.05, 0.1) is 16.3 Å². The third kappa shape index (κ3) is 4.59. The van der Waals surface area contributed by atoms with Crippen LogP contribution in [-0.4, -0.2) is 45.7 Å². The second-order valence-corrected chi connectivity index (χ2v) is 7.46. The molecule has 2 amide bonds. The van der Waals surface area contributed by atoms with Crippen molar-refractivity contribution in [2.24, 2.45) is 0 Å². The molecule has 2 N–H and O–H groups in total. The number of pyridine rings is 1. The Kier molecular flexibility index (Phi) is 6.53. The number of amides is 2. The van der Waals surface area contributed by atoms with Crippen LogP contribution in [0.25, 0.3) is 5.82 Å². The van der Waals surface area contributed by atoms with Crippen molar-refractivity contribution in [3.8, 4) is 5.82 Å². The first-order valence-corrected chi connectivity index (χ1v) is 9.79. The monoisotopic (exact) mass is 496 g/mol. The third-order valence-corrected chi connectivity index (χ3v) is 4.87. The van der Waals surface area contributed by atoms with Crippen LogP contribution >= 0.6 is 39.1 Å². The summed E-state index contributed by atoms with van der Waals surface area (Å²) in [6, 6.07) is 9.46. The zero-order valence-corrected chi connectivity index (χ0v) is 18.4. The smallest absolute Gasteiger partial charge is 0.274 e. The number of halogens is 3. The predicted octanol–water partition coefficient (Wildman–Crippen LogP) is 3.80. The van der Waals surface area contributed by atoms with Gasteiger partial charge in [0.25, 0.3) is 11.8 Å². The molecule has 0 bridgehead atoms. The highest BCUT2D eigenvalue weighted by Gasteiger charge is 2.22. The van der Waals surface area contributed by atoms with Crippen molar-refractivity contribution in [1.82, 2.24) is 25.2 Å². The highest BCUT2D eigenvalue weighted by molar-refractivity contribution is 9.10. The molecule has 0 saturated carbocycles. The number of hydrogen-bond acceptors (Lipinski definition) is 5. The maximum absolute atomic E-state index is 13.0. The van der Waals surface area contributed by atoms with E-state index >= 15 is 0 Å². The van der Waals surface area contributed by atoms with Gasteiger partial charge >= 0.3 is 0 Å². The van der Waals surface area contributed by atoms with Gasteiger partial charge in [-0.3, -0.25) is 14.6 Å². The molecule has 3 rings (SSSR count). The summed E-state index contributed by atoms with van der Waals surface area (Å²) >= 11 is 15.5. The molecule has 0 radical (unpaired) electrons. The summed E-state index contributed by atoms with van der Waals surface area (Å²) in [4.78, 5) is 29.8. The SMILES string of the molecule is CNN(C)C(=O)c1cc(Cl)ccc1NC(=O)c1cc(Br)nn1-c1ncccc1Cl. The molecule has 8 nitrogen and oxygen atoms in total. The van der Waals surface area contributed by atoms with Crippen molar-refractivity contribution in [2.45, 2.75) is 0 Å². The fourth-order valence-corrected chi connectivity index (χ4v) is 3.23. The highest BCUT2D eigenvalue weighted by Crippen LogP contribution is 2.25. The van der Waals surface area contributed by atoms with E-state index in [1.165, 1.54) is 21.8 Å². The Bertz CT molecular complexity index is 1090. The molecule has 0 aliphatic carbocycles. The van der Waals surface area contributed by atoms with E-state index in [0.717, 1.165) is 0 Å². The molecule has 3 aromatic rings. The second-order valence-electron chi connectivity index (χ2n) is 5.80. The van der Waals surface area contributed by atoms with Crippen molar-refractivity contribution in [2.75, 3.05) is 19.4 Å². The summed E-state index contributed by atoms with van der Waals surface area (Å²) < 4.78 is 1.74. The summed E-state index contributed by atoms with van der Waals surface area (Å²) in [7, 11) is 3.16. The third-order valence-electron chi connectivity index (χ3n) is 3.95. The average molecular weight is 498 g/mol. The fraction of sp³-hybridized carbons (Fsp3) is 0.111. The molecule has 0 fully saturated rings. The highest BCUT2D eigenvalue weighted by atomic mass is 79.9. The van der Waals surface area contributed by atoms with Crippen molar-refractivity contribution in [1.29, 1.82) is 0 Å². The van der Waals surface area contributed by atoms with E-state index in [2.05, 4.69) is 36.8 Å². The molecule has 0 aliphatic heterocycles. The van der Waals surface area contributed by atoms with Gasteiger partial charge in [0.1, 0.15) is 10.3 Å². The van der Waals surface area contributed by atoms with Gasteiger partial charge in [-0.1, -0.05) is 23.2 Å². The van der Waals surface area contributed by atoms with Gasteiger partial charge in [-0.2, -0.15) is 5.10 Å². The second kappa shape index (κ2) is 8.91. The number of carbonyl (C=O) groups is 2. The van der Waals surface area contributed by atoms with Gasteiger partial charge in [0.2, 0.25) is 0 Å². The van der Waals surface area contributed by atoms with E-state index in [4.69, 9.17) is 23.2 Å². The molecule has 1 aromatic carbocycles. The van der Waals surface area contributed by atoms with E-state index in [-0.39, 0.29) is 17.2 Å². The Morgan fingerprint density at radius 2 is 1.97 bits per heavy atom. The zero-order chi connectivity index (χ0) is 21.1. The summed E-state index contributed by atoms with van der Waals surface area (Å²) in [5.41, 5.74) is 3.41. The number of nitrogens with zero attached hydrogens (tertiary/aromatic N) is 4. The molecule has 29 heavy (non-hydrogen) atoms. The first-order chi connectivity index (χ1) is 13.8. The molecule has 2 aromatic heterocycles. The fourth-order valence-electron chi connectivity index (χ4n) is 2.48. The average Bonchev–Trinajstić information content (AvgIpc) is 3.10. The van der Waals surface area contributed by atoms with Crippen LogP contribution in [0.4, 0.5) is 5.69 Å². The normalized spacial score (nSPS) is 10.7. The number of benzene rings is 1. The predicted molar refractivity (Wildman–Crippen MR) is 115 cm³/mol. The van der Waals surface area contributed by atoms with E-state index in [1.807, 2.05) is 0 Å². The molecule has 11 heteroatoms. The topological polar surface area (TPSA) is 92.2 Å². The van der Waals surface area contributed by atoms with E-state index in [0.29, 0.717) is 26.2 Å². The molecule has 150 valence electrons. The molecule has 0 saturated heterocycles. The van der Waals surface area contributed by atoms with E-state index < -0.39 is 5.91 Å². The number of aromatic nitrogens is 3. The lowest BCUT2D eigenvalue weighted by atomic mass is 10.1. The van der Waals surface area contributed by atoms with Gasteiger partial charge in [0, 0.05) is 31.4 Å². The molecular weight excluding hydrogens is 483 g/mol. The van der Waals surface area contributed by atoms with Crippen molar-refractivity contribution >= 4 is 56.6 Å². The summed E-state index contributed by atoms with van der Waals surface area (Å²) in [6.45, 7) is 0. The molecule has 0 unspecified atom stereocenters. The molecule has 0 aliphatic rings. The minimum Gasteiger partial charge on any atom is -0.320 e. The Labute approximate surface area is 184 Å². The minimum absolute atomic E-state index is 0.174. The minimum atomic E-state index is -0.506. The standard InChI is InChI=1S/C18H15BrCl2N6O2/c1-22-26(2)18(29)11-8-10(20)5-6-13(11)24-17(28)14-9-15(19)25-27(14)16-12(21)4-3-7-23-16/h3-9,22H,1-2H3,(H,24,28). The van der Waals surface area contributed by atoms with Crippen LogP contribution in [0.3, 0.4) is 0 Å². The lowest BCUT2D eigenvalue weighted by Crippen LogP contribution is -2.37. The first-order valence-electron chi connectivity index (χ1n) is 8.24. The van der Waals surface area contributed by atoms with E-state index in [9.17, 15) is 9.59 Å². The molecule has 2 heterocycles. The molecule has 0 spiro atoms. The van der Waals surface area contributed by atoms with Crippen LogP contribution in [0, 0.1) is 0 Å². The van der Waals surface area contributed by atoms with Crippen LogP contribution in [0.2, 0.25) is 10.0 Å². The Morgan fingerprint density at radius 1 is 1.21 bits per heavy atom. The van der Waals surface area contributed by atoms with Gasteiger partial charge in [-0.25, -0.2) is 15.1 Å². The number of anilines is 1. The summed E-state index contributed by atoms with van der Waals surface area (Å²) in [6.07, 6.45) is 1.54. The Hall–Kier alpha value is -2.46. The summed E-state index contributed by atoms with van der Waals surface area (Å²) in [5.74, 6) is -0.575. The quantitative estimate of drug-likeness (QED) is 0.523. The number of carbonyl (C=O) groups excluding carboxylic acids is 2. The zero-order valence-electron chi connectivity index (χ0n) is 15.3. The van der Waals surface area contributed by atoms with Gasteiger partial charge in [-0.15, -0.1) is 0 Å². The van der Waals surface area contributed by atoms with Gasteiger partial charge in [0.15, 0.2) is 5.82 Å². The van der Waals surface area contributed by atoms with Crippen LogP contribution in [0.15, 0.2) is 47.2 Å². The van der Waals surface area contributed by atoms with Crippen LogP contribution in [0.5, 0.6) is 0 Å². The lowest BCUT2D eigenvalue weighted by Gasteiger charge is -2.18. The van der Waals surface area contributed by atoms with Gasteiger partial charge in [-0.05, 0) is 46.3 Å². The number of rotatable bonds is 5. The number of nitrogens with one attached hydrogen (secondary N) is 2. The number of hydrogen-bond donors (Lipinski definition) is 2. The Balaban J connectivity index is 1.99. The largest absolute Gasteiger partial charge is 0.320 e. The maximum atomic E-state index is 13.0. The number of hydrazine groups is 1. The van der Waals surface area contributed by atoms with Crippen LogP contribution in [-0.2, 0) is 0 Å². The Morgan fingerprint density at radius 3 is 2.66 bits per heavy atom. The van der Waals surface area contributed by atoms with Crippen LogP contribution in [0.1, 0.15) is 20.8 Å². The molecule has 0 atom stereocenters. The lowest BCUT2D eigenvalue weighted by molar-refractivity contribution is 0.0736. The molecular formula is C18H15BrCl2N6O2. The summed E-state index contributed by atoms with van der Waals surface area (Å²) in [5, 5.41) is 8.94.